The third-order valence-electron chi connectivity index (χ3n) is 7.17. The first-order valence-electron chi connectivity index (χ1n) is 12.1. The summed E-state index contributed by atoms with van der Waals surface area (Å²) < 4.78 is 0. The number of ketones is 2. The minimum Gasteiger partial charge on any atom is -0.381 e. The van der Waals surface area contributed by atoms with E-state index in [-0.39, 0.29) is 11.6 Å². The highest BCUT2D eigenvalue weighted by Crippen LogP contribution is 2.51. The molecule has 0 spiro atoms. The molecule has 0 aliphatic rings. The van der Waals surface area contributed by atoms with Crippen molar-refractivity contribution in [2.75, 3.05) is 0 Å². The van der Waals surface area contributed by atoms with Gasteiger partial charge in [0, 0.05) is 11.1 Å². The Bertz CT molecular complexity index is 1200. The lowest BCUT2D eigenvalue weighted by Gasteiger charge is -2.50. The van der Waals surface area contributed by atoms with Crippen LogP contribution in [0.3, 0.4) is 0 Å². The van der Waals surface area contributed by atoms with Gasteiger partial charge in [-0.2, -0.15) is 0 Å². The molecule has 0 saturated heterocycles. The van der Waals surface area contributed by atoms with Crippen molar-refractivity contribution in [1.82, 2.24) is 0 Å². The van der Waals surface area contributed by atoms with E-state index in [9.17, 15) is 19.8 Å². The fraction of sp³-hybridized carbons (Fsp3) is 0.188. The van der Waals surface area contributed by atoms with Gasteiger partial charge in [0.15, 0.2) is 11.6 Å². The Balaban J connectivity index is 1.97. The normalized spacial score (nSPS) is 16.2. The van der Waals surface area contributed by atoms with Gasteiger partial charge < -0.3 is 10.2 Å². The largest absolute Gasteiger partial charge is 0.381 e. The molecule has 0 saturated carbocycles. The molecular weight excluding hydrogens is 448 g/mol. The van der Waals surface area contributed by atoms with E-state index >= 15 is 0 Å². The standard InChI is InChI=1S/C32H30O4/c1-23(29(33)25-15-7-3-8-16-25)31(35,27-19-11-5-12-20-27)32(36,28-21-13-6-14-22-28)24(2)30(34)26-17-9-4-10-18-26/h3-24,35-36H,1-2H3. The van der Waals surface area contributed by atoms with E-state index in [0.717, 1.165) is 0 Å². The maximum Gasteiger partial charge on any atom is 0.169 e. The molecule has 0 aliphatic heterocycles. The summed E-state index contributed by atoms with van der Waals surface area (Å²) >= 11 is 0. The van der Waals surface area contributed by atoms with E-state index in [2.05, 4.69) is 0 Å². The first-order valence-corrected chi connectivity index (χ1v) is 12.1. The summed E-state index contributed by atoms with van der Waals surface area (Å²) in [5.74, 6) is -2.87. The molecular formula is C32H30O4. The number of carbonyl (C=O) groups excluding carboxylic acids is 2. The van der Waals surface area contributed by atoms with Crippen molar-refractivity contribution in [2.45, 2.75) is 25.0 Å². The van der Waals surface area contributed by atoms with E-state index < -0.39 is 23.0 Å². The molecule has 4 unspecified atom stereocenters. The molecule has 0 amide bonds. The van der Waals surface area contributed by atoms with Gasteiger partial charge >= 0.3 is 0 Å². The van der Waals surface area contributed by atoms with Crippen LogP contribution in [0.2, 0.25) is 0 Å². The smallest absolute Gasteiger partial charge is 0.169 e. The van der Waals surface area contributed by atoms with Gasteiger partial charge in [-0.3, -0.25) is 9.59 Å². The molecule has 0 aliphatic carbocycles. The zero-order chi connectivity index (χ0) is 25.8. The van der Waals surface area contributed by atoms with Crippen LogP contribution in [0.15, 0.2) is 121 Å². The van der Waals surface area contributed by atoms with Crippen LogP contribution < -0.4 is 0 Å². The average Bonchev–Trinajstić information content (AvgIpc) is 2.96. The highest BCUT2D eigenvalue weighted by molar-refractivity contribution is 6.00. The predicted molar refractivity (Wildman–Crippen MR) is 141 cm³/mol. The maximum atomic E-state index is 13.7. The second kappa shape index (κ2) is 10.4. The van der Waals surface area contributed by atoms with E-state index in [0.29, 0.717) is 22.3 Å². The Morgan fingerprint density at radius 3 is 1.03 bits per heavy atom. The fourth-order valence-electron chi connectivity index (χ4n) is 5.07. The lowest BCUT2D eigenvalue weighted by Crippen LogP contribution is -2.60. The van der Waals surface area contributed by atoms with Crippen molar-refractivity contribution in [3.63, 3.8) is 0 Å². The quantitative estimate of drug-likeness (QED) is 0.298. The molecule has 4 aromatic carbocycles. The lowest BCUT2D eigenvalue weighted by molar-refractivity contribution is -0.201. The molecule has 2 N–H and O–H groups in total. The zero-order valence-corrected chi connectivity index (χ0v) is 20.4. The monoisotopic (exact) mass is 478 g/mol. The zero-order valence-electron chi connectivity index (χ0n) is 20.4. The van der Waals surface area contributed by atoms with Gasteiger partial charge in [-0.25, -0.2) is 0 Å². The van der Waals surface area contributed by atoms with E-state index in [1.165, 1.54) is 0 Å². The Hall–Kier alpha value is -3.86. The summed E-state index contributed by atoms with van der Waals surface area (Å²) in [7, 11) is 0. The van der Waals surface area contributed by atoms with Crippen molar-refractivity contribution in [2.24, 2.45) is 11.8 Å². The van der Waals surface area contributed by atoms with Crippen LogP contribution in [0.25, 0.3) is 0 Å². The minimum atomic E-state index is -2.15. The van der Waals surface area contributed by atoms with Gasteiger partial charge in [0.1, 0.15) is 11.2 Å². The molecule has 4 aromatic rings. The van der Waals surface area contributed by atoms with Gasteiger partial charge in [-0.15, -0.1) is 0 Å². The molecule has 4 rings (SSSR count). The van der Waals surface area contributed by atoms with E-state index in [1.807, 2.05) is 12.1 Å². The van der Waals surface area contributed by atoms with Crippen LogP contribution in [-0.2, 0) is 11.2 Å². The van der Waals surface area contributed by atoms with Crippen LogP contribution in [0, 0.1) is 11.8 Å². The van der Waals surface area contributed by atoms with Crippen molar-refractivity contribution in [1.29, 1.82) is 0 Å². The van der Waals surface area contributed by atoms with Crippen LogP contribution >= 0.6 is 0 Å². The van der Waals surface area contributed by atoms with Crippen molar-refractivity contribution >= 4 is 11.6 Å². The molecule has 0 fully saturated rings. The highest BCUT2D eigenvalue weighted by Gasteiger charge is 2.60. The summed E-state index contributed by atoms with van der Waals surface area (Å²) in [6.07, 6.45) is 0. The maximum absolute atomic E-state index is 13.7. The van der Waals surface area contributed by atoms with Crippen LogP contribution in [-0.4, -0.2) is 21.8 Å². The van der Waals surface area contributed by atoms with E-state index in [1.54, 1.807) is 123 Å². The van der Waals surface area contributed by atoms with Gasteiger partial charge in [0.2, 0.25) is 0 Å². The number of hydrogen-bond donors (Lipinski definition) is 2. The van der Waals surface area contributed by atoms with Gasteiger partial charge in [-0.1, -0.05) is 135 Å². The molecule has 0 radical (unpaired) electrons. The second-order valence-corrected chi connectivity index (χ2v) is 9.17. The number of aliphatic hydroxyl groups is 2. The molecule has 0 aromatic heterocycles. The van der Waals surface area contributed by atoms with Crippen molar-refractivity contribution in [3.8, 4) is 0 Å². The fourth-order valence-corrected chi connectivity index (χ4v) is 5.07. The van der Waals surface area contributed by atoms with Crippen LogP contribution in [0.4, 0.5) is 0 Å². The number of rotatable bonds is 9. The Kier molecular flexibility index (Phi) is 7.30. The van der Waals surface area contributed by atoms with Gasteiger partial charge in [0.25, 0.3) is 0 Å². The minimum absolute atomic E-state index is 0.337. The van der Waals surface area contributed by atoms with Gasteiger partial charge in [0.05, 0.1) is 11.8 Å². The molecule has 4 atom stereocenters. The topological polar surface area (TPSA) is 74.6 Å². The Morgan fingerprint density at radius 1 is 0.500 bits per heavy atom. The molecule has 182 valence electrons. The summed E-state index contributed by atoms with van der Waals surface area (Å²) in [4.78, 5) is 27.5. The van der Waals surface area contributed by atoms with Crippen molar-refractivity contribution in [3.05, 3.63) is 144 Å². The molecule has 0 bridgehead atoms. The molecule has 4 heteroatoms. The molecule has 4 nitrogen and oxygen atoms in total. The summed E-state index contributed by atoms with van der Waals surface area (Å²) in [5.41, 5.74) is -2.77. The molecule has 0 heterocycles. The summed E-state index contributed by atoms with van der Waals surface area (Å²) in [6, 6.07) is 34.7. The molecule has 36 heavy (non-hydrogen) atoms. The Labute approximate surface area is 211 Å². The first-order chi connectivity index (χ1) is 17.3. The number of benzene rings is 4. The van der Waals surface area contributed by atoms with E-state index in [4.69, 9.17) is 0 Å². The number of Topliss-reactive ketones (excluding diaryl/α,β-unsaturated/α-hetero) is 2. The number of carbonyl (C=O) groups is 2. The Morgan fingerprint density at radius 2 is 0.750 bits per heavy atom. The average molecular weight is 479 g/mol. The van der Waals surface area contributed by atoms with Crippen molar-refractivity contribution < 1.29 is 19.8 Å². The number of hydrogen-bond acceptors (Lipinski definition) is 4. The van der Waals surface area contributed by atoms with Crippen LogP contribution in [0.5, 0.6) is 0 Å². The third kappa shape index (κ3) is 4.30. The highest BCUT2D eigenvalue weighted by atomic mass is 16.4. The lowest BCUT2D eigenvalue weighted by atomic mass is 9.60. The first kappa shape index (κ1) is 25.2. The predicted octanol–water partition coefficient (Wildman–Crippen LogP) is 5.80. The summed E-state index contributed by atoms with van der Waals surface area (Å²) in [5, 5.41) is 25.4. The van der Waals surface area contributed by atoms with Crippen LogP contribution in [0.1, 0.15) is 45.7 Å². The van der Waals surface area contributed by atoms with Gasteiger partial charge in [-0.05, 0) is 11.1 Å². The SMILES string of the molecule is CC(C(=O)c1ccccc1)C(O)(c1ccccc1)C(O)(c1ccccc1)C(C)C(=O)c1ccccc1. The third-order valence-corrected chi connectivity index (χ3v) is 7.17. The second-order valence-electron chi connectivity index (χ2n) is 9.17. The summed E-state index contributed by atoms with van der Waals surface area (Å²) in [6.45, 7) is 3.21.